The van der Waals surface area contributed by atoms with Crippen molar-refractivity contribution in [2.45, 2.75) is 58.3 Å². The van der Waals surface area contributed by atoms with E-state index in [4.69, 9.17) is 25.8 Å². The van der Waals surface area contributed by atoms with Crippen LogP contribution in [0.25, 0.3) is 0 Å². The molecule has 1 unspecified atom stereocenters. The Kier molecular flexibility index (Phi) is 10.1. The number of carbonyl (C=O) groups excluding carboxylic acids is 4. The molecule has 0 radical (unpaired) electrons. The van der Waals surface area contributed by atoms with Crippen molar-refractivity contribution in [3.8, 4) is 5.75 Å². The molecule has 9 nitrogen and oxygen atoms in total. The van der Waals surface area contributed by atoms with Crippen LogP contribution in [0.1, 0.15) is 57.0 Å². The largest absolute Gasteiger partial charge is 0.478 e. The highest BCUT2D eigenvalue weighted by Crippen LogP contribution is 2.21. The van der Waals surface area contributed by atoms with Gasteiger partial charge >= 0.3 is 12.1 Å². The van der Waals surface area contributed by atoms with Crippen molar-refractivity contribution in [2.24, 2.45) is 0 Å². The van der Waals surface area contributed by atoms with Crippen LogP contribution in [0.5, 0.6) is 5.75 Å². The molecule has 2 aromatic rings. The average Bonchev–Trinajstić information content (AvgIpc) is 2.82. The molecule has 0 bridgehead atoms. The summed E-state index contributed by atoms with van der Waals surface area (Å²) in [6.45, 7) is 8.36. The molecule has 37 heavy (non-hydrogen) atoms. The number of amides is 2. The number of carbonyl (C=O) groups is 4. The number of hydrogen-bond acceptors (Lipinski definition) is 7. The van der Waals surface area contributed by atoms with Crippen molar-refractivity contribution < 1.29 is 33.4 Å². The second-order valence-corrected chi connectivity index (χ2v) is 10.2. The van der Waals surface area contributed by atoms with Gasteiger partial charge in [-0.05, 0) is 89.6 Å². The number of nitrogens with one attached hydrogen (secondary N) is 2. The van der Waals surface area contributed by atoms with Gasteiger partial charge in [0.05, 0.1) is 7.11 Å². The zero-order valence-electron chi connectivity index (χ0n) is 21.8. The Labute approximate surface area is 221 Å². The lowest BCUT2D eigenvalue weighted by molar-refractivity contribution is -0.147. The molecular formula is C27H33ClN2O7. The summed E-state index contributed by atoms with van der Waals surface area (Å²) in [5.74, 6) is -1.06. The second kappa shape index (κ2) is 12.6. The molecule has 0 aliphatic carbocycles. The van der Waals surface area contributed by atoms with Gasteiger partial charge in [0.2, 0.25) is 0 Å². The third kappa shape index (κ3) is 9.42. The number of ether oxygens (including phenoxy) is 3. The van der Waals surface area contributed by atoms with Crippen molar-refractivity contribution in [3.05, 3.63) is 64.7 Å². The third-order valence-corrected chi connectivity index (χ3v) is 5.29. The van der Waals surface area contributed by atoms with Crippen molar-refractivity contribution in [3.63, 3.8) is 0 Å². The van der Waals surface area contributed by atoms with Gasteiger partial charge < -0.3 is 24.8 Å². The third-order valence-electron chi connectivity index (χ3n) is 5.04. The van der Waals surface area contributed by atoms with Crippen LogP contribution >= 0.6 is 11.6 Å². The van der Waals surface area contributed by atoms with Crippen LogP contribution < -0.4 is 15.4 Å². The molecule has 2 amide bonds. The summed E-state index contributed by atoms with van der Waals surface area (Å²) in [6, 6.07) is 11.9. The predicted molar refractivity (Wildman–Crippen MR) is 139 cm³/mol. The van der Waals surface area contributed by atoms with E-state index in [0.717, 1.165) is 0 Å². The van der Waals surface area contributed by atoms with E-state index in [2.05, 4.69) is 10.6 Å². The van der Waals surface area contributed by atoms with Crippen LogP contribution in [0.2, 0.25) is 5.02 Å². The van der Waals surface area contributed by atoms with Crippen LogP contribution in [0.15, 0.2) is 48.5 Å². The molecule has 200 valence electrons. The number of alkyl carbamates (subject to hydrolysis) is 1. The summed E-state index contributed by atoms with van der Waals surface area (Å²) in [7, 11) is 1.21. The predicted octanol–water partition coefficient (Wildman–Crippen LogP) is 4.30. The van der Waals surface area contributed by atoms with Gasteiger partial charge in [0, 0.05) is 22.7 Å². The van der Waals surface area contributed by atoms with E-state index in [-0.39, 0.29) is 18.7 Å². The van der Waals surface area contributed by atoms with E-state index in [1.807, 2.05) is 0 Å². The van der Waals surface area contributed by atoms with E-state index in [1.165, 1.54) is 7.11 Å². The van der Waals surface area contributed by atoms with E-state index >= 15 is 0 Å². The monoisotopic (exact) mass is 532 g/mol. The highest BCUT2D eigenvalue weighted by Gasteiger charge is 2.34. The van der Waals surface area contributed by atoms with Crippen molar-refractivity contribution in [1.29, 1.82) is 0 Å². The Balaban J connectivity index is 1.99. The Hall–Kier alpha value is -3.59. The van der Waals surface area contributed by atoms with Gasteiger partial charge in [-0.3, -0.25) is 9.59 Å². The number of hydrogen-bond donors (Lipinski definition) is 2. The molecule has 0 saturated carbocycles. The molecule has 2 aromatic carbocycles. The molecule has 0 saturated heterocycles. The van der Waals surface area contributed by atoms with Gasteiger partial charge in [0.25, 0.3) is 5.91 Å². The number of methoxy groups -OCH3 is 1. The topological polar surface area (TPSA) is 120 Å². The first-order valence-electron chi connectivity index (χ1n) is 11.7. The minimum Gasteiger partial charge on any atom is -0.478 e. The summed E-state index contributed by atoms with van der Waals surface area (Å²) >= 11 is 5.88. The van der Waals surface area contributed by atoms with E-state index in [9.17, 15) is 19.2 Å². The lowest BCUT2D eigenvalue weighted by Crippen LogP contribution is -2.53. The minimum atomic E-state index is -1.37. The van der Waals surface area contributed by atoms with E-state index in [1.54, 1.807) is 83.1 Å². The first-order chi connectivity index (χ1) is 17.2. The molecule has 2 rings (SSSR count). The van der Waals surface area contributed by atoms with Gasteiger partial charge in [-0.25, -0.2) is 9.59 Å². The van der Waals surface area contributed by atoms with Crippen LogP contribution in [0.4, 0.5) is 4.79 Å². The van der Waals surface area contributed by atoms with Crippen LogP contribution in [-0.2, 0) is 19.1 Å². The quantitative estimate of drug-likeness (QED) is 0.346. The van der Waals surface area contributed by atoms with Crippen LogP contribution in [0, 0.1) is 0 Å². The molecule has 0 aliphatic rings. The molecule has 2 N–H and O–H groups in total. The fraction of sp³-hybridized carbons (Fsp3) is 0.407. The summed E-state index contributed by atoms with van der Waals surface area (Å²) in [6.07, 6.45) is -0.556. The van der Waals surface area contributed by atoms with E-state index in [0.29, 0.717) is 21.9 Å². The molecule has 0 spiro atoms. The normalized spacial score (nSPS) is 12.2. The van der Waals surface area contributed by atoms with Crippen molar-refractivity contribution >= 4 is 35.4 Å². The van der Waals surface area contributed by atoms with Gasteiger partial charge in [-0.1, -0.05) is 11.6 Å². The zero-order chi connectivity index (χ0) is 27.8. The standard InChI is InChI=1S/C27H33ClN2O7/c1-26(2,3)37-25(34)29-16-15-21(23(32)35-6)30-24(33)27(4,5)36-20-13-9-18(10-14-20)22(31)17-7-11-19(28)12-8-17/h7-14,21H,15-16H2,1-6H3,(H,29,34)(H,30,33). The maximum atomic E-state index is 13.0. The Morgan fingerprint density at radius 1 is 0.892 bits per heavy atom. The van der Waals surface area contributed by atoms with Gasteiger partial charge in [-0.15, -0.1) is 0 Å². The number of ketones is 1. The maximum absolute atomic E-state index is 13.0. The number of esters is 1. The summed E-state index contributed by atoms with van der Waals surface area (Å²) < 4.78 is 15.8. The molecule has 1 atom stereocenters. The summed E-state index contributed by atoms with van der Waals surface area (Å²) in [5.41, 5.74) is -1.09. The van der Waals surface area contributed by atoms with Crippen LogP contribution in [0.3, 0.4) is 0 Å². The van der Waals surface area contributed by atoms with Gasteiger partial charge in [0.15, 0.2) is 11.4 Å². The Morgan fingerprint density at radius 2 is 1.43 bits per heavy atom. The molecule has 0 heterocycles. The highest BCUT2D eigenvalue weighted by atomic mass is 35.5. The lowest BCUT2D eigenvalue weighted by Gasteiger charge is -2.27. The fourth-order valence-corrected chi connectivity index (χ4v) is 3.27. The fourth-order valence-electron chi connectivity index (χ4n) is 3.14. The Bertz CT molecular complexity index is 1110. The van der Waals surface area contributed by atoms with Gasteiger partial charge in [-0.2, -0.15) is 0 Å². The van der Waals surface area contributed by atoms with Crippen molar-refractivity contribution in [2.75, 3.05) is 13.7 Å². The summed E-state index contributed by atoms with van der Waals surface area (Å²) in [5, 5.41) is 5.69. The molecule has 10 heteroatoms. The molecule has 0 aliphatic heterocycles. The molecule has 0 fully saturated rings. The van der Waals surface area contributed by atoms with E-state index < -0.39 is 35.2 Å². The number of benzene rings is 2. The number of halogens is 1. The summed E-state index contributed by atoms with van der Waals surface area (Å²) in [4.78, 5) is 49.7. The van der Waals surface area contributed by atoms with Gasteiger partial charge in [0.1, 0.15) is 17.4 Å². The Morgan fingerprint density at radius 3 is 1.95 bits per heavy atom. The lowest BCUT2D eigenvalue weighted by atomic mass is 10.0. The molecule has 0 aromatic heterocycles. The second-order valence-electron chi connectivity index (χ2n) is 9.74. The maximum Gasteiger partial charge on any atom is 0.407 e. The highest BCUT2D eigenvalue weighted by molar-refractivity contribution is 6.30. The van der Waals surface area contributed by atoms with Crippen LogP contribution in [-0.4, -0.2) is 54.7 Å². The molecular weight excluding hydrogens is 500 g/mol. The first-order valence-corrected chi connectivity index (χ1v) is 12.0. The average molecular weight is 533 g/mol. The number of rotatable bonds is 10. The smallest absolute Gasteiger partial charge is 0.407 e. The zero-order valence-corrected chi connectivity index (χ0v) is 22.6. The minimum absolute atomic E-state index is 0.0688. The first kappa shape index (κ1) is 29.6. The SMILES string of the molecule is COC(=O)C(CCNC(=O)OC(C)(C)C)NC(=O)C(C)(C)Oc1ccc(C(=O)c2ccc(Cl)cc2)cc1. The van der Waals surface area contributed by atoms with Crippen molar-refractivity contribution in [1.82, 2.24) is 10.6 Å².